The Balaban J connectivity index is 2.11. The number of pyridine rings is 1. The predicted molar refractivity (Wildman–Crippen MR) is 66.6 cm³/mol. The highest BCUT2D eigenvalue weighted by atomic mass is 15.1. The zero-order valence-electron chi connectivity index (χ0n) is 9.79. The average molecular weight is 220 g/mol. The standard InChI is InChI=1S/C12H20N4/c1-2-5-14-10-4-3-6-16-12(10)11-9-13-7-8-15-11/h3-4,6,11,13-15H,2,5,7-9H2,1H3. The Bertz CT molecular complexity index is 321. The second-order valence-electron chi connectivity index (χ2n) is 4.07. The molecular formula is C12H20N4. The molecule has 0 radical (unpaired) electrons. The number of aromatic nitrogens is 1. The van der Waals surface area contributed by atoms with E-state index in [9.17, 15) is 0 Å². The van der Waals surface area contributed by atoms with E-state index in [1.807, 2.05) is 12.3 Å². The van der Waals surface area contributed by atoms with Gasteiger partial charge in [-0.05, 0) is 18.6 Å². The second-order valence-corrected chi connectivity index (χ2v) is 4.07. The summed E-state index contributed by atoms with van der Waals surface area (Å²) in [4.78, 5) is 4.49. The van der Waals surface area contributed by atoms with Crippen LogP contribution in [-0.2, 0) is 0 Å². The Kier molecular flexibility index (Phi) is 4.13. The van der Waals surface area contributed by atoms with Crippen LogP contribution in [0.25, 0.3) is 0 Å². The third kappa shape index (κ3) is 2.71. The van der Waals surface area contributed by atoms with Crippen LogP contribution in [0.2, 0.25) is 0 Å². The molecule has 1 fully saturated rings. The minimum atomic E-state index is 0.328. The Morgan fingerprint density at radius 1 is 1.50 bits per heavy atom. The second kappa shape index (κ2) is 5.82. The normalized spacial score (nSPS) is 20.7. The summed E-state index contributed by atoms with van der Waals surface area (Å²) in [6.07, 6.45) is 2.99. The summed E-state index contributed by atoms with van der Waals surface area (Å²) in [6, 6.07) is 4.42. The van der Waals surface area contributed by atoms with Gasteiger partial charge in [0.25, 0.3) is 0 Å². The smallest absolute Gasteiger partial charge is 0.0816 e. The van der Waals surface area contributed by atoms with Gasteiger partial charge in [0.2, 0.25) is 0 Å². The lowest BCUT2D eigenvalue weighted by Crippen LogP contribution is -2.43. The number of piperazine rings is 1. The highest BCUT2D eigenvalue weighted by Gasteiger charge is 2.18. The lowest BCUT2D eigenvalue weighted by atomic mass is 10.1. The first-order valence-electron chi connectivity index (χ1n) is 6.04. The van der Waals surface area contributed by atoms with E-state index in [0.29, 0.717) is 6.04 Å². The number of anilines is 1. The average Bonchev–Trinajstić information content (AvgIpc) is 2.38. The van der Waals surface area contributed by atoms with E-state index in [4.69, 9.17) is 0 Å². The van der Waals surface area contributed by atoms with Gasteiger partial charge in [-0.3, -0.25) is 4.98 Å². The third-order valence-electron chi connectivity index (χ3n) is 2.78. The first kappa shape index (κ1) is 11.4. The topological polar surface area (TPSA) is 49.0 Å². The van der Waals surface area contributed by atoms with E-state index >= 15 is 0 Å². The van der Waals surface area contributed by atoms with Crippen molar-refractivity contribution < 1.29 is 0 Å². The first-order valence-corrected chi connectivity index (χ1v) is 6.04. The molecule has 0 aliphatic carbocycles. The van der Waals surface area contributed by atoms with Gasteiger partial charge in [-0.1, -0.05) is 6.92 Å². The van der Waals surface area contributed by atoms with Crippen molar-refractivity contribution in [2.75, 3.05) is 31.5 Å². The fourth-order valence-electron chi connectivity index (χ4n) is 1.95. The van der Waals surface area contributed by atoms with Crippen molar-refractivity contribution in [3.63, 3.8) is 0 Å². The molecule has 1 aromatic heterocycles. The molecule has 0 bridgehead atoms. The largest absolute Gasteiger partial charge is 0.384 e. The number of nitrogens with zero attached hydrogens (tertiary/aromatic N) is 1. The Morgan fingerprint density at radius 3 is 3.19 bits per heavy atom. The van der Waals surface area contributed by atoms with Crippen LogP contribution in [0.5, 0.6) is 0 Å². The van der Waals surface area contributed by atoms with E-state index in [2.05, 4.69) is 33.9 Å². The molecule has 0 spiro atoms. The first-order chi connectivity index (χ1) is 7.92. The van der Waals surface area contributed by atoms with E-state index in [0.717, 1.165) is 44.0 Å². The third-order valence-corrected chi connectivity index (χ3v) is 2.78. The fraction of sp³-hybridized carbons (Fsp3) is 0.583. The lowest BCUT2D eigenvalue weighted by molar-refractivity contribution is 0.424. The molecule has 1 aliphatic rings. The molecule has 2 heterocycles. The number of nitrogens with one attached hydrogen (secondary N) is 3. The van der Waals surface area contributed by atoms with Gasteiger partial charge in [0.1, 0.15) is 0 Å². The van der Waals surface area contributed by atoms with Gasteiger partial charge in [-0.25, -0.2) is 0 Å². The number of hydrogen-bond acceptors (Lipinski definition) is 4. The molecule has 0 amide bonds. The van der Waals surface area contributed by atoms with Crippen molar-refractivity contribution in [2.45, 2.75) is 19.4 Å². The van der Waals surface area contributed by atoms with E-state index in [1.54, 1.807) is 0 Å². The zero-order valence-corrected chi connectivity index (χ0v) is 9.79. The Morgan fingerprint density at radius 2 is 2.44 bits per heavy atom. The molecule has 1 aliphatic heterocycles. The molecule has 2 rings (SSSR count). The van der Waals surface area contributed by atoms with Crippen LogP contribution in [-0.4, -0.2) is 31.2 Å². The van der Waals surface area contributed by atoms with E-state index < -0.39 is 0 Å². The quantitative estimate of drug-likeness (QED) is 0.712. The highest BCUT2D eigenvalue weighted by molar-refractivity contribution is 5.49. The molecule has 16 heavy (non-hydrogen) atoms. The maximum absolute atomic E-state index is 4.49. The number of rotatable bonds is 4. The van der Waals surface area contributed by atoms with Crippen LogP contribution in [0.1, 0.15) is 25.1 Å². The van der Waals surface area contributed by atoms with Gasteiger partial charge in [0, 0.05) is 32.4 Å². The Labute approximate surface area is 96.8 Å². The maximum atomic E-state index is 4.49. The van der Waals surface area contributed by atoms with Crippen molar-refractivity contribution in [2.24, 2.45) is 0 Å². The van der Waals surface area contributed by atoms with Crippen molar-refractivity contribution in [3.05, 3.63) is 24.0 Å². The van der Waals surface area contributed by atoms with Crippen molar-refractivity contribution in [3.8, 4) is 0 Å². The molecule has 4 nitrogen and oxygen atoms in total. The maximum Gasteiger partial charge on any atom is 0.0816 e. The van der Waals surface area contributed by atoms with Gasteiger partial charge in [-0.15, -0.1) is 0 Å². The van der Waals surface area contributed by atoms with Gasteiger partial charge in [0.15, 0.2) is 0 Å². The molecule has 1 saturated heterocycles. The van der Waals surface area contributed by atoms with Crippen LogP contribution in [0.3, 0.4) is 0 Å². The molecule has 88 valence electrons. The van der Waals surface area contributed by atoms with Crippen molar-refractivity contribution in [1.29, 1.82) is 0 Å². The van der Waals surface area contributed by atoms with Crippen LogP contribution in [0.15, 0.2) is 18.3 Å². The summed E-state index contributed by atoms with van der Waals surface area (Å²) in [5.41, 5.74) is 2.29. The van der Waals surface area contributed by atoms with Crippen LogP contribution in [0, 0.1) is 0 Å². The minimum absolute atomic E-state index is 0.328. The predicted octanol–water partition coefficient (Wildman–Crippen LogP) is 1.14. The SMILES string of the molecule is CCCNc1cccnc1C1CNCCN1. The monoisotopic (exact) mass is 220 g/mol. The zero-order chi connectivity index (χ0) is 11.2. The van der Waals surface area contributed by atoms with Gasteiger partial charge in [0.05, 0.1) is 17.4 Å². The molecule has 1 atom stereocenters. The summed E-state index contributed by atoms with van der Waals surface area (Å²) >= 11 is 0. The van der Waals surface area contributed by atoms with Crippen molar-refractivity contribution in [1.82, 2.24) is 15.6 Å². The van der Waals surface area contributed by atoms with E-state index in [-0.39, 0.29) is 0 Å². The van der Waals surface area contributed by atoms with Gasteiger partial charge < -0.3 is 16.0 Å². The summed E-state index contributed by atoms with van der Waals surface area (Å²) < 4.78 is 0. The number of hydrogen-bond donors (Lipinski definition) is 3. The fourth-order valence-corrected chi connectivity index (χ4v) is 1.95. The summed E-state index contributed by atoms with van der Waals surface area (Å²) in [5.74, 6) is 0. The molecule has 3 N–H and O–H groups in total. The van der Waals surface area contributed by atoms with Gasteiger partial charge >= 0.3 is 0 Å². The summed E-state index contributed by atoms with van der Waals surface area (Å²) in [7, 11) is 0. The summed E-state index contributed by atoms with van der Waals surface area (Å²) in [6.45, 7) is 6.18. The van der Waals surface area contributed by atoms with Crippen LogP contribution < -0.4 is 16.0 Å². The molecule has 1 aromatic rings. The molecule has 1 unspecified atom stereocenters. The van der Waals surface area contributed by atoms with Crippen LogP contribution in [0.4, 0.5) is 5.69 Å². The minimum Gasteiger partial charge on any atom is -0.384 e. The van der Waals surface area contributed by atoms with E-state index in [1.165, 1.54) is 0 Å². The van der Waals surface area contributed by atoms with Crippen molar-refractivity contribution >= 4 is 5.69 Å². The Hall–Kier alpha value is -1.13. The summed E-state index contributed by atoms with van der Waals surface area (Å²) in [5, 5.41) is 10.3. The van der Waals surface area contributed by atoms with Gasteiger partial charge in [-0.2, -0.15) is 0 Å². The molecule has 0 saturated carbocycles. The molecule has 0 aromatic carbocycles. The highest BCUT2D eigenvalue weighted by Crippen LogP contribution is 2.20. The lowest BCUT2D eigenvalue weighted by Gasteiger charge is -2.25. The van der Waals surface area contributed by atoms with Crippen LogP contribution >= 0.6 is 0 Å². The molecule has 4 heteroatoms. The molecular weight excluding hydrogens is 200 g/mol.